The number of ketones is 1. The number of benzene rings is 1. The molecule has 0 aliphatic carbocycles. The van der Waals surface area contributed by atoms with Crippen LogP contribution in [-0.4, -0.2) is 17.1 Å². The van der Waals surface area contributed by atoms with Crippen LogP contribution in [0.4, 0.5) is 5.69 Å². The number of alkyl halides is 1. The molecule has 0 saturated carbocycles. The topological polar surface area (TPSA) is 46.2 Å². The number of rotatable bonds is 3. The van der Waals surface area contributed by atoms with Crippen LogP contribution in [0.5, 0.6) is 0 Å². The highest BCUT2D eigenvalue weighted by atomic mass is 35.5. The van der Waals surface area contributed by atoms with Crippen LogP contribution in [-0.2, 0) is 4.79 Å². The zero-order valence-electron chi connectivity index (χ0n) is 11.1. The van der Waals surface area contributed by atoms with Gasteiger partial charge in [-0.15, -0.1) is 11.6 Å². The third-order valence-electron chi connectivity index (χ3n) is 2.47. The molecule has 98 valence electrons. The van der Waals surface area contributed by atoms with Gasteiger partial charge in [0, 0.05) is 16.7 Å². The fourth-order valence-electron chi connectivity index (χ4n) is 1.27. The van der Waals surface area contributed by atoms with Gasteiger partial charge in [0.15, 0.2) is 5.78 Å². The maximum atomic E-state index is 11.8. The smallest absolute Gasteiger partial charge is 0.229 e. The Bertz CT molecular complexity index is 444. The molecule has 0 heterocycles. The highest BCUT2D eigenvalue weighted by Crippen LogP contribution is 2.18. The van der Waals surface area contributed by atoms with E-state index in [2.05, 4.69) is 5.32 Å². The van der Waals surface area contributed by atoms with Crippen molar-refractivity contribution in [2.24, 2.45) is 5.41 Å². The fraction of sp³-hybridized carbons (Fsp3) is 0.429. The molecular formula is C14H18ClNO2. The van der Waals surface area contributed by atoms with Crippen LogP contribution in [0.2, 0.25) is 0 Å². The molecule has 1 aromatic rings. The lowest BCUT2D eigenvalue weighted by Gasteiger charge is -2.17. The molecule has 1 atom stereocenters. The van der Waals surface area contributed by atoms with E-state index in [1.807, 2.05) is 20.8 Å². The molecule has 0 fully saturated rings. The number of hydrogen-bond donors (Lipinski definition) is 1. The van der Waals surface area contributed by atoms with Crippen molar-refractivity contribution in [3.63, 3.8) is 0 Å². The Morgan fingerprint density at radius 2 is 1.67 bits per heavy atom. The monoisotopic (exact) mass is 267 g/mol. The van der Waals surface area contributed by atoms with E-state index in [9.17, 15) is 9.59 Å². The number of halogens is 1. The highest BCUT2D eigenvalue weighted by molar-refractivity contribution is 6.33. The minimum absolute atomic E-state index is 0.0627. The second-order valence-electron chi connectivity index (χ2n) is 5.26. The summed E-state index contributed by atoms with van der Waals surface area (Å²) in [5, 5.41) is 2.25. The van der Waals surface area contributed by atoms with Gasteiger partial charge in [0.2, 0.25) is 5.91 Å². The van der Waals surface area contributed by atoms with Crippen LogP contribution in [0.1, 0.15) is 38.1 Å². The number of anilines is 1. The summed E-state index contributed by atoms with van der Waals surface area (Å²) in [6.45, 7) is 7.17. The summed E-state index contributed by atoms with van der Waals surface area (Å²) in [6, 6.07) is 6.74. The standard InChI is InChI=1S/C14H18ClNO2/c1-9(15)12(17)10-5-7-11(8-6-10)16-13(18)14(2,3)4/h5-9H,1-4H3,(H,16,18). The molecule has 0 aliphatic rings. The van der Waals surface area contributed by atoms with Crippen molar-refractivity contribution >= 4 is 29.0 Å². The Hall–Kier alpha value is -1.35. The van der Waals surface area contributed by atoms with Gasteiger partial charge in [-0.05, 0) is 31.2 Å². The van der Waals surface area contributed by atoms with E-state index in [4.69, 9.17) is 11.6 Å². The van der Waals surface area contributed by atoms with Crippen molar-refractivity contribution in [1.82, 2.24) is 0 Å². The molecule has 4 heteroatoms. The van der Waals surface area contributed by atoms with Crippen LogP contribution >= 0.6 is 11.6 Å². The molecule has 0 aromatic heterocycles. The van der Waals surface area contributed by atoms with E-state index in [0.717, 1.165) is 0 Å². The van der Waals surface area contributed by atoms with Crippen LogP contribution in [0.25, 0.3) is 0 Å². The number of carbonyl (C=O) groups is 2. The summed E-state index contributed by atoms with van der Waals surface area (Å²) in [6.07, 6.45) is 0. The average molecular weight is 268 g/mol. The lowest BCUT2D eigenvalue weighted by molar-refractivity contribution is -0.123. The maximum Gasteiger partial charge on any atom is 0.229 e. The Labute approximate surface area is 113 Å². The van der Waals surface area contributed by atoms with Crippen molar-refractivity contribution in [2.45, 2.75) is 33.1 Å². The van der Waals surface area contributed by atoms with Crippen molar-refractivity contribution in [2.75, 3.05) is 5.32 Å². The fourth-order valence-corrected chi connectivity index (χ4v) is 1.39. The highest BCUT2D eigenvalue weighted by Gasteiger charge is 2.21. The quantitative estimate of drug-likeness (QED) is 0.673. The van der Waals surface area contributed by atoms with Crippen molar-refractivity contribution in [1.29, 1.82) is 0 Å². The van der Waals surface area contributed by atoms with Gasteiger partial charge in [0.05, 0.1) is 5.38 Å². The first-order valence-electron chi connectivity index (χ1n) is 5.81. The zero-order valence-corrected chi connectivity index (χ0v) is 11.8. The van der Waals surface area contributed by atoms with Crippen LogP contribution in [0.15, 0.2) is 24.3 Å². The first kappa shape index (κ1) is 14.7. The molecule has 18 heavy (non-hydrogen) atoms. The van der Waals surface area contributed by atoms with E-state index in [0.29, 0.717) is 11.3 Å². The summed E-state index contributed by atoms with van der Waals surface area (Å²) >= 11 is 5.73. The Kier molecular flexibility index (Phi) is 4.52. The number of nitrogens with one attached hydrogen (secondary N) is 1. The average Bonchev–Trinajstić information content (AvgIpc) is 2.27. The molecule has 1 N–H and O–H groups in total. The van der Waals surface area contributed by atoms with E-state index in [1.165, 1.54) is 0 Å². The molecule has 1 amide bonds. The SMILES string of the molecule is CC(Cl)C(=O)c1ccc(NC(=O)C(C)(C)C)cc1. The maximum absolute atomic E-state index is 11.8. The molecule has 0 radical (unpaired) electrons. The summed E-state index contributed by atoms with van der Waals surface area (Å²) in [5.74, 6) is -0.183. The molecular weight excluding hydrogens is 250 g/mol. The lowest BCUT2D eigenvalue weighted by atomic mass is 9.95. The van der Waals surface area contributed by atoms with E-state index < -0.39 is 10.8 Å². The Morgan fingerprint density at radius 3 is 2.06 bits per heavy atom. The van der Waals surface area contributed by atoms with Gasteiger partial charge in [-0.25, -0.2) is 0 Å². The normalized spacial score (nSPS) is 12.9. The third kappa shape index (κ3) is 3.84. The van der Waals surface area contributed by atoms with Crippen molar-refractivity contribution in [3.05, 3.63) is 29.8 Å². The van der Waals surface area contributed by atoms with E-state index in [1.54, 1.807) is 31.2 Å². The summed E-state index contributed by atoms with van der Waals surface area (Å²) in [7, 11) is 0. The van der Waals surface area contributed by atoms with Gasteiger partial charge in [0.1, 0.15) is 0 Å². The van der Waals surface area contributed by atoms with E-state index in [-0.39, 0.29) is 11.7 Å². The van der Waals surface area contributed by atoms with Crippen LogP contribution in [0.3, 0.4) is 0 Å². The lowest BCUT2D eigenvalue weighted by Crippen LogP contribution is -2.27. The van der Waals surface area contributed by atoms with Gasteiger partial charge in [-0.2, -0.15) is 0 Å². The van der Waals surface area contributed by atoms with Gasteiger partial charge >= 0.3 is 0 Å². The van der Waals surface area contributed by atoms with Crippen molar-refractivity contribution < 1.29 is 9.59 Å². The second-order valence-corrected chi connectivity index (χ2v) is 5.92. The summed E-state index contributed by atoms with van der Waals surface area (Å²) < 4.78 is 0. The minimum Gasteiger partial charge on any atom is -0.326 e. The predicted octanol–water partition coefficient (Wildman–Crippen LogP) is 3.48. The first-order chi connectivity index (χ1) is 8.21. The zero-order chi connectivity index (χ0) is 13.9. The third-order valence-corrected chi connectivity index (χ3v) is 2.67. The second kappa shape index (κ2) is 5.53. The molecule has 0 spiro atoms. The van der Waals surface area contributed by atoms with Gasteiger partial charge in [0.25, 0.3) is 0 Å². The summed E-state index contributed by atoms with van der Waals surface area (Å²) in [5.41, 5.74) is 0.777. The van der Waals surface area contributed by atoms with Crippen LogP contribution < -0.4 is 5.32 Å². The Balaban J connectivity index is 2.78. The largest absolute Gasteiger partial charge is 0.326 e. The first-order valence-corrected chi connectivity index (χ1v) is 6.25. The number of carbonyl (C=O) groups excluding carboxylic acids is 2. The van der Waals surface area contributed by atoms with E-state index >= 15 is 0 Å². The molecule has 0 bridgehead atoms. The van der Waals surface area contributed by atoms with Crippen LogP contribution in [0, 0.1) is 5.41 Å². The molecule has 1 rings (SSSR count). The van der Waals surface area contributed by atoms with Crippen molar-refractivity contribution in [3.8, 4) is 0 Å². The predicted molar refractivity (Wildman–Crippen MR) is 74.2 cm³/mol. The molecule has 0 aliphatic heterocycles. The van der Waals surface area contributed by atoms with Gasteiger partial charge in [-0.3, -0.25) is 9.59 Å². The summed E-state index contributed by atoms with van der Waals surface area (Å²) in [4.78, 5) is 23.4. The molecule has 1 unspecified atom stereocenters. The molecule has 0 saturated heterocycles. The van der Waals surface area contributed by atoms with Gasteiger partial charge in [-0.1, -0.05) is 20.8 Å². The Morgan fingerprint density at radius 1 is 1.17 bits per heavy atom. The molecule has 3 nitrogen and oxygen atoms in total. The van der Waals surface area contributed by atoms with Gasteiger partial charge < -0.3 is 5.32 Å². The number of Topliss-reactive ketones (excluding diaryl/α,β-unsaturated/α-hetero) is 1. The number of hydrogen-bond acceptors (Lipinski definition) is 2. The molecule has 1 aromatic carbocycles. The number of amides is 1. The minimum atomic E-state index is -0.542.